The Balaban J connectivity index is 1.66. The van der Waals surface area contributed by atoms with Gasteiger partial charge in [-0.15, -0.1) is 10.2 Å². The first-order chi connectivity index (χ1) is 14.2. The summed E-state index contributed by atoms with van der Waals surface area (Å²) in [4.78, 5) is 4.65. The summed E-state index contributed by atoms with van der Waals surface area (Å²) in [6.07, 6.45) is 2.63. The highest BCUT2D eigenvalue weighted by atomic mass is 16.5. The molecule has 8 nitrogen and oxygen atoms in total. The van der Waals surface area contributed by atoms with Gasteiger partial charge in [0.1, 0.15) is 17.0 Å². The molecular weight excluding hydrogens is 368 g/mol. The van der Waals surface area contributed by atoms with Gasteiger partial charge in [0, 0.05) is 17.5 Å². The van der Waals surface area contributed by atoms with E-state index in [9.17, 15) is 0 Å². The second kappa shape index (κ2) is 8.14. The average Bonchev–Trinajstić information content (AvgIpc) is 3.07. The minimum Gasteiger partial charge on any atom is -0.497 e. The molecule has 4 rings (SSSR count). The van der Waals surface area contributed by atoms with Crippen LogP contribution in [0.15, 0.2) is 47.6 Å². The first-order valence-corrected chi connectivity index (χ1v) is 9.38. The van der Waals surface area contributed by atoms with E-state index in [4.69, 9.17) is 9.47 Å². The summed E-state index contributed by atoms with van der Waals surface area (Å²) < 4.78 is 12.8. The molecule has 0 aliphatic rings. The average molecular weight is 390 g/mol. The van der Waals surface area contributed by atoms with Crippen molar-refractivity contribution in [1.82, 2.24) is 19.7 Å². The fraction of sp³-hybridized carbons (Fsp3) is 0.238. The Morgan fingerprint density at radius 2 is 1.97 bits per heavy atom. The molecule has 0 atom stereocenters. The lowest BCUT2D eigenvalue weighted by Gasteiger charge is -2.07. The summed E-state index contributed by atoms with van der Waals surface area (Å²) in [6, 6.07) is 13.6. The van der Waals surface area contributed by atoms with E-state index in [2.05, 4.69) is 43.3 Å². The molecule has 148 valence electrons. The SMILES string of the molecule is CCCn1c2ccccc2c2nnc(N/N=C/c3cc(OC)ccc3OC)nc21. The van der Waals surface area contributed by atoms with Gasteiger partial charge >= 0.3 is 0 Å². The molecule has 4 aromatic rings. The molecule has 0 saturated heterocycles. The van der Waals surface area contributed by atoms with Crippen molar-refractivity contribution in [3.63, 3.8) is 0 Å². The van der Waals surface area contributed by atoms with Crippen molar-refractivity contribution < 1.29 is 9.47 Å². The van der Waals surface area contributed by atoms with E-state index < -0.39 is 0 Å². The lowest BCUT2D eigenvalue weighted by atomic mass is 10.2. The molecule has 0 spiro atoms. The number of ether oxygens (including phenoxy) is 2. The number of aryl methyl sites for hydroxylation is 1. The van der Waals surface area contributed by atoms with Gasteiger partial charge < -0.3 is 14.0 Å². The second-order valence-corrected chi connectivity index (χ2v) is 6.45. The number of aromatic nitrogens is 4. The van der Waals surface area contributed by atoms with Crippen LogP contribution in [0.2, 0.25) is 0 Å². The lowest BCUT2D eigenvalue weighted by Crippen LogP contribution is -2.03. The third-order valence-electron chi connectivity index (χ3n) is 4.63. The zero-order valence-corrected chi connectivity index (χ0v) is 16.6. The second-order valence-electron chi connectivity index (χ2n) is 6.45. The van der Waals surface area contributed by atoms with E-state index >= 15 is 0 Å². The highest BCUT2D eigenvalue weighted by molar-refractivity contribution is 6.04. The Kier molecular flexibility index (Phi) is 5.24. The quantitative estimate of drug-likeness (QED) is 0.381. The van der Waals surface area contributed by atoms with Crippen LogP contribution in [-0.2, 0) is 6.54 Å². The van der Waals surface area contributed by atoms with Gasteiger partial charge in [-0.05, 0) is 30.7 Å². The molecular formula is C21H22N6O2. The van der Waals surface area contributed by atoms with Gasteiger partial charge in [-0.2, -0.15) is 10.1 Å². The molecule has 0 saturated carbocycles. The molecule has 0 unspecified atom stereocenters. The molecule has 0 aliphatic heterocycles. The van der Waals surface area contributed by atoms with Crippen molar-refractivity contribution in [2.45, 2.75) is 19.9 Å². The maximum Gasteiger partial charge on any atom is 0.265 e. The van der Waals surface area contributed by atoms with Gasteiger partial charge in [-0.1, -0.05) is 25.1 Å². The van der Waals surface area contributed by atoms with Crippen molar-refractivity contribution in [3.8, 4) is 11.5 Å². The van der Waals surface area contributed by atoms with Crippen LogP contribution >= 0.6 is 0 Å². The first-order valence-electron chi connectivity index (χ1n) is 9.38. The van der Waals surface area contributed by atoms with Crippen LogP contribution in [-0.4, -0.2) is 40.2 Å². The third kappa shape index (κ3) is 3.56. The minimum atomic E-state index is 0.329. The zero-order valence-electron chi connectivity index (χ0n) is 16.6. The molecule has 2 aromatic carbocycles. The Morgan fingerprint density at radius 3 is 2.76 bits per heavy atom. The van der Waals surface area contributed by atoms with Crippen molar-refractivity contribution >= 4 is 34.2 Å². The number of nitrogens with zero attached hydrogens (tertiary/aromatic N) is 5. The summed E-state index contributed by atoms with van der Waals surface area (Å²) in [5.74, 6) is 1.74. The highest BCUT2D eigenvalue weighted by Crippen LogP contribution is 2.26. The van der Waals surface area contributed by atoms with Crippen LogP contribution in [0, 0.1) is 0 Å². The van der Waals surface area contributed by atoms with Gasteiger partial charge in [0.05, 0.1) is 26.0 Å². The third-order valence-corrected chi connectivity index (χ3v) is 4.63. The largest absolute Gasteiger partial charge is 0.497 e. The standard InChI is InChI=1S/C21H22N6O2/c1-4-11-27-17-8-6-5-7-16(17)19-20(27)23-21(26-24-19)25-22-13-14-12-15(28-2)9-10-18(14)29-3/h5-10,12-13H,4,11H2,1-3H3,(H,23,25,26)/b22-13+. The van der Waals surface area contributed by atoms with Crippen LogP contribution < -0.4 is 14.9 Å². The molecule has 29 heavy (non-hydrogen) atoms. The monoisotopic (exact) mass is 390 g/mol. The number of rotatable bonds is 7. The number of hydrazone groups is 1. The van der Waals surface area contributed by atoms with Crippen LogP contribution in [0.1, 0.15) is 18.9 Å². The topological polar surface area (TPSA) is 86.5 Å². The summed E-state index contributed by atoms with van der Waals surface area (Å²) in [5, 5.41) is 13.9. The van der Waals surface area contributed by atoms with Gasteiger partial charge in [0.25, 0.3) is 5.95 Å². The van der Waals surface area contributed by atoms with E-state index in [-0.39, 0.29) is 0 Å². The van der Waals surface area contributed by atoms with Crippen LogP contribution in [0.3, 0.4) is 0 Å². The van der Waals surface area contributed by atoms with Crippen LogP contribution in [0.4, 0.5) is 5.95 Å². The Hall–Kier alpha value is -3.68. The van der Waals surface area contributed by atoms with Gasteiger partial charge in [0.15, 0.2) is 5.65 Å². The normalized spacial score (nSPS) is 11.4. The minimum absolute atomic E-state index is 0.329. The number of benzene rings is 2. The Morgan fingerprint density at radius 1 is 1.10 bits per heavy atom. The summed E-state index contributed by atoms with van der Waals surface area (Å²) in [7, 11) is 3.23. The fourth-order valence-electron chi connectivity index (χ4n) is 3.30. The highest BCUT2D eigenvalue weighted by Gasteiger charge is 2.13. The number of methoxy groups -OCH3 is 2. The predicted molar refractivity (Wildman–Crippen MR) is 114 cm³/mol. The number of para-hydroxylation sites is 1. The van der Waals surface area contributed by atoms with Crippen molar-refractivity contribution in [2.75, 3.05) is 19.6 Å². The molecule has 8 heteroatoms. The number of fused-ring (bicyclic) bond motifs is 3. The zero-order chi connectivity index (χ0) is 20.2. The Bertz CT molecular complexity index is 1180. The van der Waals surface area contributed by atoms with Crippen LogP contribution in [0.5, 0.6) is 11.5 Å². The molecule has 0 fully saturated rings. The lowest BCUT2D eigenvalue weighted by molar-refractivity contribution is 0.402. The van der Waals surface area contributed by atoms with Crippen molar-refractivity contribution in [1.29, 1.82) is 0 Å². The van der Waals surface area contributed by atoms with E-state index in [0.717, 1.165) is 46.3 Å². The van der Waals surface area contributed by atoms with Gasteiger partial charge in [-0.25, -0.2) is 5.43 Å². The maximum atomic E-state index is 5.36. The van der Waals surface area contributed by atoms with E-state index in [1.165, 1.54) is 0 Å². The predicted octanol–water partition coefficient (Wildman–Crippen LogP) is 3.85. The van der Waals surface area contributed by atoms with Crippen molar-refractivity contribution in [2.24, 2.45) is 5.10 Å². The molecule has 2 heterocycles. The van der Waals surface area contributed by atoms with Gasteiger partial charge in [0.2, 0.25) is 0 Å². The number of nitrogens with one attached hydrogen (secondary N) is 1. The van der Waals surface area contributed by atoms with Crippen LogP contribution in [0.25, 0.3) is 22.1 Å². The first kappa shape index (κ1) is 18.7. The van der Waals surface area contributed by atoms with E-state index in [1.807, 2.05) is 36.4 Å². The molecule has 0 amide bonds. The van der Waals surface area contributed by atoms with E-state index in [0.29, 0.717) is 11.7 Å². The van der Waals surface area contributed by atoms with Gasteiger partial charge in [-0.3, -0.25) is 0 Å². The summed E-state index contributed by atoms with van der Waals surface area (Å²) in [6.45, 7) is 2.99. The molecule has 2 aromatic heterocycles. The maximum absolute atomic E-state index is 5.36. The number of hydrogen-bond acceptors (Lipinski definition) is 7. The number of hydrogen-bond donors (Lipinski definition) is 1. The molecule has 1 N–H and O–H groups in total. The van der Waals surface area contributed by atoms with Crippen molar-refractivity contribution in [3.05, 3.63) is 48.0 Å². The number of anilines is 1. The molecule has 0 aliphatic carbocycles. The van der Waals surface area contributed by atoms with E-state index in [1.54, 1.807) is 20.4 Å². The summed E-state index contributed by atoms with van der Waals surface area (Å²) in [5.41, 5.74) is 6.32. The molecule has 0 radical (unpaired) electrons. The fourth-order valence-corrected chi connectivity index (χ4v) is 3.30. The molecule has 0 bridgehead atoms. The Labute approximate surface area is 168 Å². The smallest absolute Gasteiger partial charge is 0.265 e. The summed E-state index contributed by atoms with van der Waals surface area (Å²) >= 11 is 0.